The zero-order valence-corrected chi connectivity index (χ0v) is 12.9. The maximum Gasteiger partial charge on any atom is 0.315 e. The van der Waals surface area contributed by atoms with Crippen LogP contribution in [0.2, 0.25) is 0 Å². The first-order valence-electron chi connectivity index (χ1n) is 6.67. The molecule has 0 saturated heterocycles. The normalized spacial score (nSPS) is 10.0. The molecule has 0 aromatic heterocycles. The van der Waals surface area contributed by atoms with Crippen LogP contribution >= 0.6 is 11.8 Å². The quantitative estimate of drug-likeness (QED) is 0.496. The van der Waals surface area contributed by atoms with E-state index in [1.165, 1.54) is 11.8 Å². The van der Waals surface area contributed by atoms with E-state index in [9.17, 15) is 14.8 Å². The smallest absolute Gasteiger partial charge is 0.315 e. The van der Waals surface area contributed by atoms with Gasteiger partial charge in [-0.1, -0.05) is 30.3 Å². The highest BCUT2D eigenvalue weighted by molar-refractivity contribution is 7.98. The number of nitrogens with zero attached hydrogens (tertiary/aromatic N) is 1. The van der Waals surface area contributed by atoms with Gasteiger partial charge in [0.25, 0.3) is 5.91 Å². The molecule has 0 unspecified atom stereocenters. The van der Waals surface area contributed by atoms with E-state index in [2.05, 4.69) is 10.6 Å². The number of rotatable bonds is 8. The minimum Gasteiger partial charge on any atom is -0.338 e. The summed E-state index contributed by atoms with van der Waals surface area (Å²) in [6.07, 6.45) is 2.61. The van der Waals surface area contributed by atoms with Crippen LogP contribution < -0.4 is 10.6 Å². The van der Waals surface area contributed by atoms with E-state index in [-0.39, 0.29) is 13.1 Å². The van der Waals surface area contributed by atoms with Crippen molar-refractivity contribution in [2.24, 2.45) is 0 Å². The van der Waals surface area contributed by atoms with Gasteiger partial charge >= 0.3 is 6.03 Å². The molecule has 0 saturated carbocycles. The van der Waals surface area contributed by atoms with Crippen molar-refractivity contribution in [3.8, 4) is 0 Å². The Hall–Kier alpha value is -1.73. The second-order valence-electron chi connectivity index (χ2n) is 4.35. The van der Waals surface area contributed by atoms with Gasteiger partial charge in [0.2, 0.25) is 0 Å². The van der Waals surface area contributed by atoms with E-state index in [1.54, 1.807) is 0 Å². The summed E-state index contributed by atoms with van der Waals surface area (Å²) in [7, 11) is 0. The number of hydrogen-bond acceptors (Lipinski definition) is 4. The lowest BCUT2D eigenvalue weighted by Gasteiger charge is -2.14. The van der Waals surface area contributed by atoms with Gasteiger partial charge in [0, 0.05) is 12.3 Å². The van der Waals surface area contributed by atoms with Gasteiger partial charge in [0.1, 0.15) is 6.54 Å². The topological polar surface area (TPSA) is 81.7 Å². The molecule has 3 amide bonds. The first-order chi connectivity index (χ1) is 10.1. The van der Waals surface area contributed by atoms with Gasteiger partial charge < -0.3 is 10.6 Å². The van der Waals surface area contributed by atoms with Crippen LogP contribution in [0.3, 0.4) is 0 Å². The van der Waals surface area contributed by atoms with Crippen molar-refractivity contribution < 1.29 is 14.8 Å². The molecule has 0 heterocycles. The van der Waals surface area contributed by atoms with E-state index in [0.717, 1.165) is 12.0 Å². The monoisotopic (exact) mass is 311 g/mol. The van der Waals surface area contributed by atoms with Gasteiger partial charge in [-0.3, -0.25) is 10.0 Å². The summed E-state index contributed by atoms with van der Waals surface area (Å²) in [6.45, 7) is 0.513. The maximum absolute atomic E-state index is 11.5. The molecular formula is C14H21N3O3S. The molecule has 0 atom stereocenters. The molecule has 0 radical (unpaired) electrons. The minimum absolute atomic E-state index is 0.220. The fourth-order valence-corrected chi connectivity index (χ4v) is 1.93. The zero-order chi connectivity index (χ0) is 15.5. The molecule has 0 spiro atoms. The van der Waals surface area contributed by atoms with Crippen LogP contribution in [0.5, 0.6) is 0 Å². The second-order valence-corrected chi connectivity index (χ2v) is 5.34. The molecule has 1 aromatic carbocycles. The Bertz CT molecular complexity index is 442. The van der Waals surface area contributed by atoms with E-state index < -0.39 is 11.9 Å². The Morgan fingerprint density at radius 2 is 1.95 bits per heavy atom. The van der Waals surface area contributed by atoms with E-state index in [1.807, 2.05) is 36.6 Å². The Balaban J connectivity index is 2.15. The molecule has 0 fully saturated rings. The zero-order valence-electron chi connectivity index (χ0n) is 12.0. The number of carbonyl (C=O) groups is 2. The average Bonchev–Trinajstić information content (AvgIpc) is 2.51. The first kappa shape index (κ1) is 17.3. The summed E-state index contributed by atoms with van der Waals surface area (Å²) in [5.74, 6) is 0.119. The number of nitrogens with one attached hydrogen (secondary N) is 2. The Labute approximate surface area is 128 Å². The molecule has 6 nitrogen and oxygen atoms in total. The van der Waals surface area contributed by atoms with Crippen LogP contribution in [0, 0.1) is 0 Å². The van der Waals surface area contributed by atoms with Crippen molar-refractivity contribution in [3.63, 3.8) is 0 Å². The summed E-state index contributed by atoms with van der Waals surface area (Å²) >= 11 is 1.53. The van der Waals surface area contributed by atoms with E-state index in [0.29, 0.717) is 17.4 Å². The number of carbonyl (C=O) groups excluding carboxylic acids is 2. The molecule has 0 aliphatic heterocycles. The third-order valence-electron chi connectivity index (χ3n) is 2.74. The number of hydroxylamine groups is 2. The third-order valence-corrected chi connectivity index (χ3v) is 3.33. The van der Waals surface area contributed by atoms with E-state index in [4.69, 9.17) is 0 Å². The number of urea groups is 1. The van der Waals surface area contributed by atoms with Crippen molar-refractivity contribution in [1.29, 1.82) is 0 Å². The maximum atomic E-state index is 11.5. The number of hydrogen-bond donors (Lipinski definition) is 3. The van der Waals surface area contributed by atoms with Crippen molar-refractivity contribution in [2.45, 2.75) is 6.42 Å². The molecule has 0 aliphatic carbocycles. The molecule has 0 aliphatic rings. The molecule has 116 valence electrons. The lowest BCUT2D eigenvalue weighted by molar-refractivity contribution is -0.162. The summed E-state index contributed by atoms with van der Waals surface area (Å²) in [5.41, 5.74) is 1.13. The fraction of sp³-hybridized carbons (Fsp3) is 0.429. The predicted octanol–water partition coefficient (Wildman–Crippen LogP) is 1.11. The molecule has 21 heavy (non-hydrogen) atoms. The number of thioether (sulfide) groups is 1. The molecule has 3 N–H and O–H groups in total. The fourth-order valence-electron chi connectivity index (χ4n) is 1.58. The van der Waals surface area contributed by atoms with Gasteiger partial charge in [-0.15, -0.1) is 0 Å². The van der Waals surface area contributed by atoms with Crippen LogP contribution in [0.25, 0.3) is 0 Å². The van der Waals surface area contributed by atoms with Crippen LogP contribution in [-0.2, 0) is 11.2 Å². The molecular weight excluding hydrogens is 290 g/mol. The summed E-state index contributed by atoms with van der Waals surface area (Å²) in [4.78, 5) is 23.0. The highest BCUT2D eigenvalue weighted by Crippen LogP contribution is 1.98. The van der Waals surface area contributed by atoms with Gasteiger partial charge in [0.05, 0.1) is 6.54 Å². The standard InChI is InChI=1S/C14H21N3O3S/c1-21-10-9-17(20)13(18)11-16-14(19)15-8-7-12-5-3-2-4-6-12/h2-6,20H,7-11H2,1H3,(H2,15,16,19). The second kappa shape index (κ2) is 10.1. The SMILES string of the molecule is CSCCN(O)C(=O)CNC(=O)NCCc1ccccc1. The van der Waals surface area contributed by atoms with Crippen LogP contribution in [0.15, 0.2) is 30.3 Å². The van der Waals surface area contributed by atoms with Crippen molar-refractivity contribution in [3.05, 3.63) is 35.9 Å². The van der Waals surface area contributed by atoms with Gasteiger partial charge in [0.15, 0.2) is 0 Å². The molecule has 0 bridgehead atoms. The summed E-state index contributed by atoms with van der Waals surface area (Å²) in [5, 5.41) is 15.1. The van der Waals surface area contributed by atoms with E-state index >= 15 is 0 Å². The van der Waals surface area contributed by atoms with Gasteiger partial charge in [-0.25, -0.2) is 9.86 Å². The highest BCUT2D eigenvalue weighted by Gasteiger charge is 2.11. The Kier molecular flexibility index (Phi) is 8.30. The average molecular weight is 311 g/mol. The number of benzene rings is 1. The molecule has 7 heteroatoms. The summed E-state index contributed by atoms with van der Waals surface area (Å²) in [6, 6.07) is 9.37. The lowest BCUT2D eigenvalue weighted by Crippen LogP contribution is -2.43. The minimum atomic E-state index is -0.526. The highest BCUT2D eigenvalue weighted by atomic mass is 32.2. The first-order valence-corrected chi connectivity index (χ1v) is 8.06. The van der Waals surface area contributed by atoms with Crippen LogP contribution in [0.4, 0.5) is 4.79 Å². The third kappa shape index (κ3) is 7.57. The van der Waals surface area contributed by atoms with Gasteiger partial charge in [-0.05, 0) is 18.2 Å². The van der Waals surface area contributed by atoms with Crippen LogP contribution in [0.1, 0.15) is 5.56 Å². The molecule has 1 aromatic rings. The van der Waals surface area contributed by atoms with Crippen molar-refractivity contribution in [2.75, 3.05) is 31.6 Å². The lowest BCUT2D eigenvalue weighted by atomic mass is 10.1. The predicted molar refractivity (Wildman–Crippen MR) is 83.4 cm³/mol. The number of amides is 3. The molecule has 1 rings (SSSR count). The Morgan fingerprint density at radius 1 is 1.24 bits per heavy atom. The van der Waals surface area contributed by atoms with Crippen molar-refractivity contribution in [1.82, 2.24) is 15.7 Å². The Morgan fingerprint density at radius 3 is 2.62 bits per heavy atom. The summed E-state index contributed by atoms with van der Waals surface area (Å²) < 4.78 is 0. The van der Waals surface area contributed by atoms with Crippen LogP contribution in [-0.4, -0.2) is 53.9 Å². The largest absolute Gasteiger partial charge is 0.338 e. The van der Waals surface area contributed by atoms with Gasteiger partial charge in [-0.2, -0.15) is 11.8 Å². The van der Waals surface area contributed by atoms with Crippen molar-refractivity contribution >= 4 is 23.7 Å².